The van der Waals surface area contributed by atoms with Gasteiger partial charge in [-0.05, 0) is 27.7 Å². The Morgan fingerprint density at radius 2 is 1.00 bits per heavy atom. The molecule has 0 saturated heterocycles. The molecule has 0 saturated carbocycles. The maximum absolute atomic E-state index is 9.10. The van der Waals surface area contributed by atoms with Gasteiger partial charge in [-0.2, -0.15) is 0 Å². The Morgan fingerprint density at radius 3 is 1.00 bits per heavy atom. The van der Waals surface area contributed by atoms with Gasteiger partial charge in [-0.15, -0.1) is 0 Å². The van der Waals surface area contributed by atoms with Crippen LogP contribution in [0.25, 0.3) is 0 Å². The summed E-state index contributed by atoms with van der Waals surface area (Å²) in [5, 5.41) is 18.2. The molecule has 0 heterocycles. The number of aliphatic hydroxyl groups is 2. The first-order chi connectivity index (χ1) is 4.66. The molecule has 0 amide bonds. The minimum absolute atomic E-state index is 1.01. The van der Waals surface area contributed by atoms with Crippen LogP contribution in [0.5, 0.6) is 0 Å². The topological polar surface area (TPSA) is 49.7 Å². The quantitative estimate of drug-likeness (QED) is 0.558. The van der Waals surface area contributed by atoms with Crippen LogP contribution in [0.1, 0.15) is 27.7 Å². The van der Waals surface area contributed by atoms with E-state index in [1.165, 1.54) is 0 Å². The van der Waals surface area contributed by atoms with Crippen molar-refractivity contribution in [3.63, 3.8) is 0 Å². The molecule has 11 heavy (non-hydrogen) atoms. The van der Waals surface area contributed by atoms with Gasteiger partial charge in [0.05, 0.1) is 11.2 Å². The van der Waals surface area contributed by atoms with E-state index in [4.69, 9.17) is 10.2 Å². The standard InChI is InChI=1S/C6H14O2.OSi2/c1-5(2,7)6(3,4)8;2-1-3/h7-8H,1-4H3;. The van der Waals surface area contributed by atoms with Gasteiger partial charge in [0.1, 0.15) is 0 Å². The van der Waals surface area contributed by atoms with Gasteiger partial charge >= 0.3 is 0 Å². The molecule has 0 aromatic heterocycles. The minimum Gasteiger partial charge on any atom is -0.458 e. The second kappa shape index (κ2) is 5.05. The lowest BCUT2D eigenvalue weighted by Gasteiger charge is -2.31. The van der Waals surface area contributed by atoms with Crippen molar-refractivity contribution in [3.05, 3.63) is 0 Å². The van der Waals surface area contributed by atoms with Gasteiger partial charge in [0.25, 0.3) is 0 Å². The van der Waals surface area contributed by atoms with E-state index >= 15 is 0 Å². The molecule has 6 radical (unpaired) electrons. The highest BCUT2D eigenvalue weighted by Gasteiger charge is 2.31. The summed E-state index contributed by atoms with van der Waals surface area (Å²) in [7, 11) is 5.19. The number of hydrogen-bond acceptors (Lipinski definition) is 3. The molecule has 0 spiro atoms. The summed E-state index contributed by atoms with van der Waals surface area (Å²) < 4.78 is 3.86. The van der Waals surface area contributed by atoms with E-state index < -0.39 is 11.2 Å². The molecular formula is C6H14O3Si2. The van der Waals surface area contributed by atoms with Crippen molar-refractivity contribution in [3.8, 4) is 0 Å². The van der Waals surface area contributed by atoms with E-state index in [2.05, 4.69) is 25.1 Å². The zero-order chi connectivity index (χ0) is 9.71. The Bertz CT molecular complexity index is 81.0. The van der Waals surface area contributed by atoms with Gasteiger partial charge in [-0.3, -0.25) is 0 Å². The molecule has 64 valence electrons. The molecule has 5 heteroatoms. The lowest BCUT2D eigenvalue weighted by atomic mass is 9.90. The summed E-state index contributed by atoms with van der Waals surface area (Å²) in [6.07, 6.45) is 0. The molecule has 0 aromatic carbocycles. The van der Waals surface area contributed by atoms with Gasteiger partial charge in [-0.25, -0.2) is 0 Å². The maximum Gasteiger partial charge on any atom is 0.229 e. The molecule has 0 aromatic rings. The van der Waals surface area contributed by atoms with Gasteiger partial charge in [0, 0.05) is 0 Å². The fraction of sp³-hybridized carbons (Fsp3) is 1.00. The molecule has 0 aliphatic rings. The monoisotopic (exact) mass is 190 g/mol. The molecule has 2 N–H and O–H groups in total. The summed E-state index contributed by atoms with van der Waals surface area (Å²) in [4.78, 5) is 0. The second-order valence-corrected chi connectivity index (χ2v) is 4.04. The molecular weight excluding hydrogens is 176 g/mol. The van der Waals surface area contributed by atoms with Gasteiger partial charge in [0.15, 0.2) is 0 Å². The van der Waals surface area contributed by atoms with Gasteiger partial charge < -0.3 is 14.3 Å². The van der Waals surface area contributed by atoms with Crippen molar-refractivity contribution in [2.75, 3.05) is 0 Å². The van der Waals surface area contributed by atoms with Gasteiger partial charge in [-0.1, -0.05) is 0 Å². The smallest absolute Gasteiger partial charge is 0.229 e. The number of rotatable bonds is 1. The summed E-state index contributed by atoms with van der Waals surface area (Å²) in [6.45, 7) is 6.31. The molecule has 3 nitrogen and oxygen atoms in total. The predicted octanol–water partition coefficient (Wildman–Crippen LogP) is -0.302. The molecule has 0 fully saturated rings. The van der Waals surface area contributed by atoms with Crippen LogP contribution >= 0.6 is 0 Å². The average molecular weight is 190 g/mol. The second-order valence-electron chi connectivity index (χ2n) is 3.22. The van der Waals surface area contributed by atoms with Gasteiger partial charge in [0.2, 0.25) is 21.0 Å². The third kappa shape index (κ3) is 8.22. The van der Waals surface area contributed by atoms with Crippen molar-refractivity contribution in [2.24, 2.45) is 0 Å². The van der Waals surface area contributed by atoms with Crippen LogP contribution in [0.15, 0.2) is 0 Å². The lowest BCUT2D eigenvalue weighted by molar-refractivity contribution is -0.107. The Morgan fingerprint density at radius 1 is 0.909 bits per heavy atom. The summed E-state index contributed by atoms with van der Waals surface area (Å²) >= 11 is 0. The van der Waals surface area contributed by atoms with E-state index in [-0.39, 0.29) is 0 Å². The molecule has 0 aliphatic heterocycles. The Kier molecular flexibility index (Phi) is 6.37. The van der Waals surface area contributed by atoms with Crippen molar-refractivity contribution in [1.82, 2.24) is 0 Å². The molecule has 0 atom stereocenters. The van der Waals surface area contributed by atoms with Crippen LogP contribution < -0.4 is 0 Å². The average Bonchev–Trinajstić information content (AvgIpc) is 1.60. The Hall–Kier alpha value is 0.314. The fourth-order valence-corrected chi connectivity index (χ4v) is 0. The van der Waals surface area contributed by atoms with Crippen LogP contribution in [0.3, 0.4) is 0 Å². The van der Waals surface area contributed by atoms with Crippen molar-refractivity contribution in [1.29, 1.82) is 0 Å². The lowest BCUT2D eigenvalue weighted by Crippen LogP contribution is -2.44. The third-order valence-corrected chi connectivity index (χ3v) is 1.50. The Balaban J connectivity index is 0. The van der Waals surface area contributed by atoms with E-state index in [1.807, 2.05) is 0 Å². The normalized spacial score (nSPS) is 12.0. The zero-order valence-electron chi connectivity index (χ0n) is 7.30. The van der Waals surface area contributed by atoms with Crippen molar-refractivity contribution >= 4 is 21.0 Å². The molecule has 0 bridgehead atoms. The summed E-state index contributed by atoms with van der Waals surface area (Å²) in [5.74, 6) is 0. The predicted molar refractivity (Wildman–Crippen MR) is 45.2 cm³/mol. The first kappa shape index (κ1) is 13.9. The van der Waals surface area contributed by atoms with E-state index in [0.717, 1.165) is 0 Å². The minimum atomic E-state index is -1.01. The van der Waals surface area contributed by atoms with Crippen LogP contribution in [-0.2, 0) is 4.12 Å². The molecule has 0 aliphatic carbocycles. The zero-order valence-corrected chi connectivity index (χ0v) is 9.30. The fourth-order valence-electron chi connectivity index (χ4n) is 0. The maximum atomic E-state index is 9.10. The van der Waals surface area contributed by atoms with E-state index in [9.17, 15) is 0 Å². The first-order valence-corrected chi connectivity index (χ1v) is 3.92. The SMILES string of the molecule is CC(C)(O)C(C)(C)O.[Si]O[Si]. The Labute approximate surface area is 74.9 Å². The summed E-state index contributed by atoms with van der Waals surface area (Å²) in [5.41, 5.74) is -2.01. The van der Waals surface area contributed by atoms with E-state index in [0.29, 0.717) is 0 Å². The first-order valence-electron chi connectivity index (χ1n) is 3.11. The van der Waals surface area contributed by atoms with Crippen LogP contribution in [0.4, 0.5) is 0 Å². The van der Waals surface area contributed by atoms with Crippen molar-refractivity contribution < 1.29 is 14.3 Å². The van der Waals surface area contributed by atoms with Crippen LogP contribution in [-0.4, -0.2) is 42.4 Å². The van der Waals surface area contributed by atoms with Crippen LogP contribution in [0, 0.1) is 0 Å². The number of hydrogen-bond donors (Lipinski definition) is 2. The molecule has 0 rings (SSSR count). The third-order valence-electron chi connectivity index (χ3n) is 1.50. The van der Waals surface area contributed by atoms with Crippen LogP contribution in [0.2, 0.25) is 0 Å². The highest BCUT2D eigenvalue weighted by Crippen LogP contribution is 2.19. The molecule has 0 unspecified atom stereocenters. The summed E-state index contributed by atoms with van der Waals surface area (Å²) in [6, 6.07) is 0. The van der Waals surface area contributed by atoms with E-state index in [1.54, 1.807) is 27.7 Å². The highest BCUT2D eigenvalue weighted by atomic mass is 28.3. The van der Waals surface area contributed by atoms with Crippen molar-refractivity contribution in [2.45, 2.75) is 38.9 Å². The highest BCUT2D eigenvalue weighted by molar-refractivity contribution is 6.15. The largest absolute Gasteiger partial charge is 0.458 e.